The normalized spacial score (nSPS) is 26.0. The molecule has 2 aliphatic heterocycles. The van der Waals surface area contributed by atoms with Crippen LogP contribution >= 0.6 is 12.2 Å². The van der Waals surface area contributed by atoms with E-state index < -0.39 is 0 Å². The molecule has 0 aromatic carbocycles. The second-order valence-electron chi connectivity index (χ2n) is 6.42. The molecule has 4 nitrogen and oxygen atoms in total. The summed E-state index contributed by atoms with van der Waals surface area (Å²) >= 11 is 5.71. The molecule has 0 bridgehead atoms. The third kappa shape index (κ3) is 3.63. The van der Waals surface area contributed by atoms with Crippen LogP contribution in [0.25, 0.3) is 0 Å². The first-order valence-electron chi connectivity index (χ1n) is 8.53. The molecule has 2 atom stereocenters. The fraction of sp³-hybridized carbons (Fsp3) is 0.706. The number of aromatic nitrogens is 1. The van der Waals surface area contributed by atoms with Crippen molar-refractivity contribution in [3.8, 4) is 0 Å². The van der Waals surface area contributed by atoms with E-state index in [1.165, 1.54) is 37.8 Å². The molecule has 1 N–H and O–H groups in total. The Labute approximate surface area is 138 Å². The number of hydrogen-bond acceptors (Lipinski definition) is 2. The number of rotatable bonds is 3. The molecular formula is C17H27N3OS. The van der Waals surface area contributed by atoms with E-state index in [1.54, 1.807) is 0 Å². The van der Waals surface area contributed by atoms with E-state index in [0.717, 1.165) is 31.2 Å². The quantitative estimate of drug-likeness (QED) is 0.867. The lowest BCUT2D eigenvalue weighted by Gasteiger charge is -2.33. The van der Waals surface area contributed by atoms with E-state index >= 15 is 0 Å². The highest BCUT2D eigenvalue weighted by atomic mass is 32.1. The van der Waals surface area contributed by atoms with Crippen LogP contribution in [0.2, 0.25) is 0 Å². The minimum atomic E-state index is 0.332. The van der Waals surface area contributed by atoms with Gasteiger partial charge in [0.15, 0.2) is 5.11 Å². The monoisotopic (exact) mass is 321 g/mol. The summed E-state index contributed by atoms with van der Waals surface area (Å²) in [5.41, 5.74) is 1.36. The van der Waals surface area contributed by atoms with Gasteiger partial charge in [-0.2, -0.15) is 0 Å². The van der Waals surface area contributed by atoms with Crippen LogP contribution in [0.4, 0.5) is 0 Å². The van der Waals surface area contributed by atoms with Gasteiger partial charge in [0.25, 0.3) is 0 Å². The fourth-order valence-electron chi connectivity index (χ4n) is 3.59. The van der Waals surface area contributed by atoms with Crippen molar-refractivity contribution in [3.63, 3.8) is 0 Å². The summed E-state index contributed by atoms with van der Waals surface area (Å²) in [6.45, 7) is 2.79. The van der Waals surface area contributed by atoms with Gasteiger partial charge in [-0.3, -0.25) is 0 Å². The highest BCUT2D eigenvalue weighted by Crippen LogP contribution is 2.30. The van der Waals surface area contributed by atoms with Crippen molar-refractivity contribution in [3.05, 3.63) is 24.0 Å². The largest absolute Gasteiger partial charge is 0.376 e. The van der Waals surface area contributed by atoms with Gasteiger partial charge in [0, 0.05) is 38.6 Å². The Morgan fingerprint density at radius 1 is 1.32 bits per heavy atom. The molecule has 0 spiro atoms. The van der Waals surface area contributed by atoms with Crippen molar-refractivity contribution in [2.75, 3.05) is 19.7 Å². The molecular weight excluding hydrogens is 294 g/mol. The van der Waals surface area contributed by atoms with Crippen LogP contribution in [0.5, 0.6) is 0 Å². The molecule has 0 amide bonds. The second kappa shape index (κ2) is 7.47. The van der Waals surface area contributed by atoms with Crippen molar-refractivity contribution in [2.24, 2.45) is 7.05 Å². The number of hydrogen-bond donors (Lipinski definition) is 1. The molecule has 122 valence electrons. The van der Waals surface area contributed by atoms with Gasteiger partial charge in [0.05, 0.1) is 12.1 Å². The van der Waals surface area contributed by atoms with Crippen molar-refractivity contribution in [1.29, 1.82) is 0 Å². The zero-order valence-corrected chi connectivity index (χ0v) is 14.3. The van der Waals surface area contributed by atoms with Gasteiger partial charge < -0.3 is 19.5 Å². The van der Waals surface area contributed by atoms with Crippen molar-refractivity contribution in [2.45, 2.75) is 50.7 Å². The summed E-state index contributed by atoms with van der Waals surface area (Å²) in [5, 5.41) is 4.35. The third-order valence-corrected chi connectivity index (χ3v) is 5.22. The summed E-state index contributed by atoms with van der Waals surface area (Å²) in [5.74, 6) is 0. The number of aryl methyl sites for hydroxylation is 1. The maximum absolute atomic E-state index is 5.71. The van der Waals surface area contributed by atoms with E-state index in [0.29, 0.717) is 12.1 Å². The maximum Gasteiger partial charge on any atom is 0.169 e. The zero-order valence-electron chi connectivity index (χ0n) is 13.5. The van der Waals surface area contributed by atoms with Crippen LogP contribution in [-0.2, 0) is 11.8 Å². The molecule has 2 saturated heterocycles. The van der Waals surface area contributed by atoms with Crippen molar-refractivity contribution < 1.29 is 4.74 Å². The molecule has 22 heavy (non-hydrogen) atoms. The van der Waals surface area contributed by atoms with E-state index in [9.17, 15) is 0 Å². The average molecular weight is 321 g/mol. The Morgan fingerprint density at radius 2 is 2.23 bits per heavy atom. The van der Waals surface area contributed by atoms with Crippen molar-refractivity contribution in [1.82, 2.24) is 14.8 Å². The number of thiocarbonyl (C=S) groups is 1. The lowest BCUT2D eigenvalue weighted by Crippen LogP contribution is -2.44. The highest BCUT2D eigenvalue weighted by Gasteiger charge is 2.26. The third-order valence-electron chi connectivity index (χ3n) is 4.84. The Morgan fingerprint density at radius 3 is 2.95 bits per heavy atom. The maximum atomic E-state index is 5.71. The predicted molar refractivity (Wildman–Crippen MR) is 92.9 cm³/mol. The standard InChI is InChI=1S/C17H27N3OS/c1-19-10-5-9-15(19)16-8-3-2-4-11-20(16)17(22)18-13-14-7-6-12-21-14/h5,9-10,14,16H,2-4,6-8,11-13H2,1H3,(H,18,22)/t14-,16-/m1/s1. The van der Waals surface area contributed by atoms with Crippen LogP contribution < -0.4 is 5.32 Å². The molecule has 2 aliphatic rings. The lowest BCUT2D eigenvalue weighted by atomic mass is 10.1. The van der Waals surface area contributed by atoms with Crippen LogP contribution in [0.1, 0.15) is 50.3 Å². The van der Waals surface area contributed by atoms with E-state index in [1.807, 2.05) is 0 Å². The summed E-state index contributed by atoms with van der Waals surface area (Å²) in [7, 11) is 2.13. The van der Waals surface area contributed by atoms with E-state index in [-0.39, 0.29) is 0 Å². The summed E-state index contributed by atoms with van der Waals surface area (Å²) in [6, 6.07) is 4.75. The van der Waals surface area contributed by atoms with Crippen molar-refractivity contribution >= 4 is 17.3 Å². The summed E-state index contributed by atoms with van der Waals surface area (Å²) in [6.07, 6.45) is 9.76. The Kier molecular flexibility index (Phi) is 5.37. The molecule has 3 rings (SSSR count). The Bertz CT molecular complexity index is 496. The highest BCUT2D eigenvalue weighted by molar-refractivity contribution is 7.80. The van der Waals surface area contributed by atoms with Gasteiger partial charge in [0.1, 0.15) is 0 Å². The van der Waals surface area contributed by atoms with E-state index in [4.69, 9.17) is 17.0 Å². The van der Waals surface area contributed by atoms with Crippen LogP contribution in [-0.4, -0.2) is 40.4 Å². The zero-order chi connectivity index (χ0) is 15.4. The van der Waals surface area contributed by atoms with Crippen LogP contribution in [0.15, 0.2) is 18.3 Å². The fourth-order valence-corrected chi connectivity index (χ4v) is 3.89. The SMILES string of the molecule is Cn1cccc1[C@H]1CCCCCN1C(=S)NC[C@H]1CCCO1. The van der Waals surface area contributed by atoms with Gasteiger partial charge in [-0.1, -0.05) is 12.8 Å². The van der Waals surface area contributed by atoms with Gasteiger partial charge >= 0.3 is 0 Å². The molecule has 0 saturated carbocycles. The van der Waals surface area contributed by atoms with Gasteiger partial charge in [-0.25, -0.2) is 0 Å². The van der Waals surface area contributed by atoms with Gasteiger partial charge in [-0.15, -0.1) is 0 Å². The van der Waals surface area contributed by atoms with Gasteiger partial charge in [-0.05, 0) is 50.0 Å². The minimum absolute atomic E-state index is 0.332. The number of ether oxygens (including phenoxy) is 1. The topological polar surface area (TPSA) is 29.4 Å². The van der Waals surface area contributed by atoms with Crippen LogP contribution in [0, 0.1) is 0 Å². The first kappa shape index (κ1) is 15.8. The average Bonchev–Trinajstić information content (AvgIpc) is 3.12. The molecule has 3 heterocycles. The number of nitrogens with zero attached hydrogens (tertiary/aromatic N) is 2. The molecule has 0 unspecified atom stereocenters. The molecule has 1 aromatic heterocycles. The smallest absolute Gasteiger partial charge is 0.169 e. The first-order valence-corrected chi connectivity index (χ1v) is 8.94. The minimum Gasteiger partial charge on any atom is -0.376 e. The molecule has 5 heteroatoms. The molecule has 0 aliphatic carbocycles. The molecule has 1 aromatic rings. The second-order valence-corrected chi connectivity index (χ2v) is 6.81. The number of nitrogens with one attached hydrogen (secondary N) is 1. The summed E-state index contributed by atoms with van der Waals surface area (Å²) in [4.78, 5) is 2.40. The Balaban J connectivity index is 1.67. The molecule has 0 radical (unpaired) electrons. The lowest BCUT2D eigenvalue weighted by molar-refractivity contribution is 0.113. The number of likely N-dealkylation sites (tertiary alicyclic amines) is 1. The van der Waals surface area contributed by atoms with Gasteiger partial charge in [0.2, 0.25) is 0 Å². The summed E-state index contributed by atoms with van der Waals surface area (Å²) < 4.78 is 7.92. The van der Waals surface area contributed by atoms with E-state index in [2.05, 4.69) is 40.2 Å². The first-order chi connectivity index (χ1) is 10.8. The van der Waals surface area contributed by atoms with Crippen LogP contribution in [0.3, 0.4) is 0 Å². The Hall–Kier alpha value is -1.07. The molecule has 2 fully saturated rings. The predicted octanol–water partition coefficient (Wildman–Crippen LogP) is 3.00.